The molecule has 0 N–H and O–H groups in total. The molecule has 5 rings (SSSR count). The van der Waals surface area contributed by atoms with E-state index in [0.717, 1.165) is 22.5 Å². The van der Waals surface area contributed by atoms with Gasteiger partial charge in [0.15, 0.2) is 5.78 Å². The number of hydrogen-bond acceptors (Lipinski definition) is 2. The third-order valence-electron chi connectivity index (χ3n) is 5.30. The van der Waals surface area contributed by atoms with Crippen molar-refractivity contribution in [1.29, 1.82) is 0 Å². The van der Waals surface area contributed by atoms with Crippen molar-refractivity contribution >= 4 is 23.1 Å². The number of carbonyl (C=O) groups is 2. The van der Waals surface area contributed by atoms with Crippen LogP contribution >= 0.6 is 0 Å². The Hall–Kier alpha value is -3.20. The van der Waals surface area contributed by atoms with Crippen LogP contribution in [0, 0.1) is 0 Å². The lowest BCUT2D eigenvalue weighted by Crippen LogP contribution is -2.37. The molecule has 0 saturated heterocycles. The molecule has 25 heavy (non-hydrogen) atoms. The molecule has 0 radical (unpaired) electrons. The number of hydrogen-bond donors (Lipinski definition) is 0. The van der Waals surface area contributed by atoms with Gasteiger partial charge in [0, 0.05) is 17.7 Å². The normalized spacial score (nSPS) is 20.9. The van der Waals surface area contributed by atoms with Crippen LogP contribution in [0.15, 0.2) is 78.9 Å². The molecule has 2 aliphatic rings. The van der Waals surface area contributed by atoms with E-state index < -0.39 is 5.41 Å². The fourth-order valence-corrected chi connectivity index (χ4v) is 4.24. The lowest BCUT2D eigenvalue weighted by atomic mass is 9.76. The summed E-state index contributed by atoms with van der Waals surface area (Å²) in [6.45, 7) is 0. The van der Waals surface area contributed by atoms with E-state index in [9.17, 15) is 9.59 Å². The number of ketones is 1. The van der Waals surface area contributed by atoms with Crippen molar-refractivity contribution in [2.45, 2.75) is 11.8 Å². The van der Waals surface area contributed by atoms with E-state index in [-0.39, 0.29) is 18.1 Å². The van der Waals surface area contributed by atoms with Crippen molar-refractivity contribution in [2.24, 2.45) is 0 Å². The SMILES string of the molecule is O=C1CC2(C(=O)N(c3ccccc3)c3ccccc32)c2ccccc21. The molecular formula is C22H15NO2. The first-order valence-electron chi connectivity index (χ1n) is 8.35. The molecule has 1 aliphatic carbocycles. The highest BCUT2D eigenvalue weighted by Gasteiger charge is 2.57. The van der Waals surface area contributed by atoms with Crippen LogP contribution in [0.3, 0.4) is 0 Å². The Morgan fingerprint density at radius 1 is 0.720 bits per heavy atom. The van der Waals surface area contributed by atoms with Gasteiger partial charge in [-0.05, 0) is 29.3 Å². The molecule has 3 heteroatoms. The van der Waals surface area contributed by atoms with Gasteiger partial charge in [-0.1, -0.05) is 60.7 Å². The minimum Gasteiger partial charge on any atom is -0.294 e. The van der Waals surface area contributed by atoms with Gasteiger partial charge in [-0.3, -0.25) is 14.5 Å². The van der Waals surface area contributed by atoms with Gasteiger partial charge in [0.05, 0.1) is 5.69 Å². The van der Waals surface area contributed by atoms with Crippen LogP contribution in [-0.4, -0.2) is 11.7 Å². The monoisotopic (exact) mass is 325 g/mol. The average Bonchev–Trinajstić information content (AvgIpc) is 3.10. The fraction of sp³-hybridized carbons (Fsp3) is 0.0909. The Kier molecular flexibility index (Phi) is 2.78. The van der Waals surface area contributed by atoms with E-state index in [1.807, 2.05) is 78.9 Å². The Morgan fingerprint density at radius 2 is 1.36 bits per heavy atom. The van der Waals surface area contributed by atoms with Gasteiger partial charge in [0.2, 0.25) is 5.91 Å². The van der Waals surface area contributed by atoms with E-state index in [1.54, 1.807) is 4.90 Å². The average molecular weight is 325 g/mol. The molecule has 0 aromatic heterocycles. The van der Waals surface area contributed by atoms with E-state index in [0.29, 0.717) is 5.56 Å². The molecule has 1 spiro atoms. The van der Waals surface area contributed by atoms with Crippen LogP contribution < -0.4 is 4.90 Å². The van der Waals surface area contributed by atoms with Gasteiger partial charge >= 0.3 is 0 Å². The number of amides is 1. The number of para-hydroxylation sites is 2. The molecule has 3 nitrogen and oxygen atoms in total. The third kappa shape index (κ3) is 1.70. The predicted molar refractivity (Wildman–Crippen MR) is 96.2 cm³/mol. The molecule has 1 amide bonds. The summed E-state index contributed by atoms with van der Waals surface area (Å²) in [5.41, 5.74) is 3.20. The topological polar surface area (TPSA) is 37.4 Å². The number of benzene rings is 3. The number of Topliss-reactive ketones (excluding diaryl/α,β-unsaturated/α-hetero) is 1. The maximum absolute atomic E-state index is 13.7. The van der Waals surface area contributed by atoms with Crippen molar-refractivity contribution in [3.63, 3.8) is 0 Å². The molecule has 1 heterocycles. The van der Waals surface area contributed by atoms with Crippen molar-refractivity contribution in [2.75, 3.05) is 4.90 Å². The summed E-state index contributed by atoms with van der Waals surface area (Å²) in [7, 11) is 0. The molecule has 0 fully saturated rings. The number of carbonyl (C=O) groups excluding carboxylic acids is 2. The minimum atomic E-state index is -0.903. The largest absolute Gasteiger partial charge is 0.294 e. The maximum Gasteiger partial charge on any atom is 0.247 e. The van der Waals surface area contributed by atoms with Gasteiger partial charge in [-0.15, -0.1) is 0 Å². The number of anilines is 2. The Labute approximate surface area is 145 Å². The van der Waals surface area contributed by atoms with E-state index in [1.165, 1.54) is 0 Å². The minimum absolute atomic E-state index is 0.0358. The quantitative estimate of drug-likeness (QED) is 0.671. The first kappa shape index (κ1) is 14.2. The highest BCUT2D eigenvalue weighted by Crippen LogP contribution is 2.54. The van der Waals surface area contributed by atoms with Gasteiger partial charge in [0.25, 0.3) is 0 Å². The second-order valence-electron chi connectivity index (χ2n) is 6.54. The Bertz CT molecular complexity index is 1020. The highest BCUT2D eigenvalue weighted by molar-refractivity contribution is 6.21. The second kappa shape index (κ2) is 4.90. The molecule has 0 saturated carbocycles. The van der Waals surface area contributed by atoms with E-state index in [4.69, 9.17) is 0 Å². The van der Waals surface area contributed by atoms with Crippen molar-refractivity contribution < 1.29 is 9.59 Å². The standard InChI is InChI=1S/C22H15NO2/c24-20-14-22(17-11-5-4-10-16(17)20)18-12-6-7-13-19(18)23(21(22)25)15-8-2-1-3-9-15/h1-13H,14H2. The summed E-state index contributed by atoms with van der Waals surface area (Å²) >= 11 is 0. The van der Waals surface area contributed by atoms with Gasteiger partial charge in [-0.2, -0.15) is 0 Å². The zero-order chi connectivity index (χ0) is 17.0. The fourth-order valence-electron chi connectivity index (χ4n) is 4.24. The smallest absolute Gasteiger partial charge is 0.247 e. The molecular weight excluding hydrogens is 310 g/mol. The lowest BCUT2D eigenvalue weighted by Gasteiger charge is -2.24. The molecule has 1 unspecified atom stereocenters. The molecule has 3 aromatic rings. The van der Waals surface area contributed by atoms with Crippen LogP contribution in [0.25, 0.3) is 0 Å². The van der Waals surface area contributed by atoms with Crippen LogP contribution in [0.1, 0.15) is 27.9 Å². The Morgan fingerprint density at radius 3 is 2.16 bits per heavy atom. The molecule has 120 valence electrons. The number of fused-ring (bicyclic) bond motifs is 4. The van der Waals surface area contributed by atoms with Crippen LogP contribution in [0.5, 0.6) is 0 Å². The van der Waals surface area contributed by atoms with E-state index >= 15 is 0 Å². The summed E-state index contributed by atoms with van der Waals surface area (Å²) in [5, 5.41) is 0. The summed E-state index contributed by atoms with van der Waals surface area (Å²) in [5.74, 6) is -0.00753. The van der Waals surface area contributed by atoms with Crippen LogP contribution in [0.2, 0.25) is 0 Å². The van der Waals surface area contributed by atoms with Crippen LogP contribution in [-0.2, 0) is 10.2 Å². The van der Waals surface area contributed by atoms with Crippen molar-refractivity contribution in [3.8, 4) is 0 Å². The molecule has 1 aliphatic heterocycles. The van der Waals surface area contributed by atoms with Crippen molar-refractivity contribution in [3.05, 3.63) is 95.6 Å². The zero-order valence-corrected chi connectivity index (χ0v) is 13.5. The first-order valence-corrected chi connectivity index (χ1v) is 8.35. The van der Waals surface area contributed by atoms with Crippen molar-refractivity contribution in [1.82, 2.24) is 0 Å². The van der Waals surface area contributed by atoms with Gasteiger partial charge in [-0.25, -0.2) is 0 Å². The summed E-state index contributed by atoms with van der Waals surface area (Å²) in [6, 6.07) is 24.9. The van der Waals surface area contributed by atoms with E-state index in [2.05, 4.69) is 0 Å². The molecule has 1 atom stereocenters. The van der Waals surface area contributed by atoms with Gasteiger partial charge in [0.1, 0.15) is 5.41 Å². The summed E-state index contributed by atoms with van der Waals surface area (Å²) in [4.78, 5) is 28.1. The lowest BCUT2D eigenvalue weighted by molar-refractivity contribution is -0.121. The van der Waals surface area contributed by atoms with Crippen LogP contribution in [0.4, 0.5) is 11.4 Å². The first-order chi connectivity index (χ1) is 12.2. The zero-order valence-electron chi connectivity index (χ0n) is 13.5. The summed E-state index contributed by atoms with van der Waals surface area (Å²) < 4.78 is 0. The third-order valence-corrected chi connectivity index (χ3v) is 5.30. The predicted octanol–water partition coefficient (Wildman–Crippen LogP) is 4.24. The molecule has 3 aromatic carbocycles. The van der Waals surface area contributed by atoms with Gasteiger partial charge < -0.3 is 0 Å². The molecule has 0 bridgehead atoms. The summed E-state index contributed by atoms with van der Waals surface area (Å²) in [6.07, 6.45) is 0.200. The second-order valence-corrected chi connectivity index (χ2v) is 6.54. The Balaban J connectivity index is 1.82. The highest BCUT2D eigenvalue weighted by atomic mass is 16.2. The number of rotatable bonds is 1. The number of nitrogens with zero attached hydrogens (tertiary/aromatic N) is 1. The maximum atomic E-state index is 13.7.